The number of methoxy groups -OCH3 is 2. The van der Waals surface area contributed by atoms with Gasteiger partial charge in [-0.2, -0.15) is 0 Å². The second-order valence-electron chi connectivity index (χ2n) is 8.89. The summed E-state index contributed by atoms with van der Waals surface area (Å²) in [5, 5.41) is 70.0. The maximum atomic E-state index is 12.5. The average Bonchev–Trinajstić information content (AvgIpc) is 2.87. The molecule has 16 heteroatoms. The highest BCUT2D eigenvalue weighted by atomic mass is 16.8. The molecule has 208 valence electrons. The van der Waals surface area contributed by atoms with E-state index in [2.05, 4.69) is 0 Å². The minimum atomic E-state index is -1.92. The van der Waals surface area contributed by atoms with Crippen molar-refractivity contribution < 1.29 is 73.8 Å². The lowest BCUT2D eigenvalue weighted by Crippen LogP contribution is -2.63. The molecule has 0 aromatic heterocycles. The Hall–Kier alpha value is -1.54. The lowest BCUT2D eigenvalue weighted by Gasteiger charge is -2.45. The Morgan fingerprint density at radius 3 is 1.53 bits per heavy atom. The first-order chi connectivity index (χ1) is 16.9. The van der Waals surface area contributed by atoms with Gasteiger partial charge in [-0.05, 0) is 12.8 Å². The summed E-state index contributed by atoms with van der Waals surface area (Å²) in [6.07, 6.45) is -20.3. The zero-order valence-corrected chi connectivity index (χ0v) is 19.5. The van der Waals surface area contributed by atoms with Crippen LogP contribution in [0.2, 0.25) is 0 Å². The van der Waals surface area contributed by atoms with Crippen LogP contribution in [0.5, 0.6) is 0 Å². The highest BCUT2D eigenvalue weighted by Gasteiger charge is 2.52. The predicted molar refractivity (Wildman–Crippen MR) is 110 cm³/mol. The molecule has 16 nitrogen and oxygen atoms in total. The maximum absolute atomic E-state index is 12.5. The molecule has 14 atom stereocenters. The van der Waals surface area contributed by atoms with Gasteiger partial charge >= 0.3 is 11.9 Å². The van der Waals surface area contributed by atoms with Gasteiger partial charge in [-0.25, -0.2) is 0 Å². The molecule has 0 aromatic rings. The summed E-state index contributed by atoms with van der Waals surface area (Å²) in [7, 11) is 2.22. The number of carbonyl (C=O) groups excluding carboxylic acids is 2. The summed E-state index contributed by atoms with van der Waals surface area (Å²) in [4.78, 5) is 24.9. The third kappa shape index (κ3) is 5.79. The molecule has 2 aliphatic heterocycles. The number of esters is 2. The quantitative estimate of drug-likeness (QED) is 0.150. The molecular weight excluding hydrogens is 494 g/mol. The van der Waals surface area contributed by atoms with Gasteiger partial charge in [0.2, 0.25) is 0 Å². The van der Waals surface area contributed by atoms with Crippen molar-refractivity contribution in [2.24, 2.45) is 17.6 Å². The Morgan fingerprint density at radius 1 is 0.667 bits per heavy atom. The SMILES string of the molecule is COC(=O)C1CC(OC2OC(N)C(O)C(O)C2O)C(OC2OC(O)C(O)C(O)C2O)CC1C(=O)OC. The summed E-state index contributed by atoms with van der Waals surface area (Å²) >= 11 is 0. The molecule has 9 N–H and O–H groups in total. The molecule has 36 heavy (non-hydrogen) atoms. The standard InChI is InChI=1S/C20H33NO15/c1-31-16(28)5-3-7(33-19-13(26)9(22)11(24)15(21)35-19)8(4-6(5)17(29)32-2)34-20-14(27)10(23)12(25)18(30)36-20/h5-15,18-20,22-27,30H,3-4,21H2,1-2H3. The number of rotatable bonds is 6. The van der Waals surface area contributed by atoms with Crippen molar-refractivity contribution in [2.75, 3.05) is 14.2 Å². The largest absolute Gasteiger partial charge is 0.469 e. The van der Waals surface area contributed by atoms with Crippen LogP contribution < -0.4 is 5.73 Å². The van der Waals surface area contributed by atoms with Crippen LogP contribution in [0.4, 0.5) is 0 Å². The first kappa shape index (κ1) is 29.0. The zero-order chi connectivity index (χ0) is 26.9. The smallest absolute Gasteiger partial charge is 0.309 e. The number of aliphatic hydroxyl groups excluding tert-OH is 7. The van der Waals surface area contributed by atoms with Crippen molar-refractivity contribution in [3.8, 4) is 0 Å². The Balaban J connectivity index is 1.88. The first-order valence-corrected chi connectivity index (χ1v) is 11.2. The summed E-state index contributed by atoms with van der Waals surface area (Å²) < 4.78 is 31.3. The number of aliphatic hydroxyl groups is 7. The van der Waals surface area contributed by atoms with E-state index in [1.807, 2.05) is 0 Å². The van der Waals surface area contributed by atoms with E-state index in [-0.39, 0.29) is 12.8 Å². The molecule has 1 aliphatic carbocycles. The fourth-order valence-electron chi connectivity index (χ4n) is 4.52. The highest BCUT2D eigenvalue weighted by Crippen LogP contribution is 2.38. The number of ether oxygens (including phenoxy) is 6. The van der Waals surface area contributed by atoms with E-state index in [9.17, 15) is 45.3 Å². The fourth-order valence-corrected chi connectivity index (χ4v) is 4.52. The molecule has 0 aromatic carbocycles. The van der Waals surface area contributed by atoms with E-state index < -0.39 is 97.7 Å². The fraction of sp³-hybridized carbons (Fsp3) is 0.900. The second-order valence-corrected chi connectivity index (χ2v) is 8.89. The molecule has 3 rings (SSSR count). The molecule has 2 saturated heterocycles. The lowest BCUT2D eigenvalue weighted by atomic mass is 9.76. The Bertz CT molecular complexity index is 709. The van der Waals surface area contributed by atoms with E-state index in [4.69, 9.17) is 34.2 Å². The van der Waals surface area contributed by atoms with Crippen LogP contribution in [0.25, 0.3) is 0 Å². The van der Waals surface area contributed by atoms with Crippen LogP contribution in [0, 0.1) is 11.8 Å². The lowest BCUT2D eigenvalue weighted by molar-refractivity contribution is -0.364. The van der Waals surface area contributed by atoms with Crippen molar-refractivity contribution in [1.82, 2.24) is 0 Å². The number of carbonyl (C=O) groups is 2. The molecule has 0 radical (unpaired) electrons. The van der Waals surface area contributed by atoms with Crippen LogP contribution in [0.3, 0.4) is 0 Å². The third-order valence-corrected chi connectivity index (χ3v) is 6.65. The van der Waals surface area contributed by atoms with E-state index in [0.29, 0.717) is 0 Å². The summed E-state index contributed by atoms with van der Waals surface area (Å²) in [5.41, 5.74) is 5.63. The summed E-state index contributed by atoms with van der Waals surface area (Å²) in [6.45, 7) is 0. The number of hydrogen-bond acceptors (Lipinski definition) is 16. The van der Waals surface area contributed by atoms with Crippen molar-refractivity contribution >= 4 is 11.9 Å². The molecular formula is C20H33NO15. The Kier molecular flexibility index (Phi) is 9.58. The first-order valence-electron chi connectivity index (χ1n) is 11.2. The molecule has 14 unspecified atom stereocenters. The predicted octanol–water partition coefficient (Wildman–Crippen LogP) is -5.39. The van der Waals surface area contributed by atoms with Crippen LogP contribution in [-0.4, -0.2) is 136 Å². The van der Waals surface area contributed by atoms with E-state index in [0.717, 1.165) is 14.2 Å². The topological polar surface area (TPSA) is 257 Å². The van der Waals surface area contributed by atoms with Crippen molar-refractivity contribution in [1.29, 1.82) is 0 Å². The van der Waals surface area contributed by atoms with Gasteiger partial charge in [-0.1, -0.05) is 0 Å². The van der Waals surface area contributed by atoms with E-state index in [1.54, 1.807) is 0 Å². The van der Waals surface area contributed by atoms with E-state index in [1.165, 1.54) is 0 Å². The molecule has 3 aliphatic rings. The molecule has 0 bridgehead atoms. The zero-order valence-electron chi connectivity index (χ0n) is 19.5. The van der Waals surface area contributed by atoms with Gasteiger partial charge in [0.25, 0.3) is 0 Å². The van der Waals surface area contributed by atoms with Gasteiger partial charge in [0.1, 0.15) is 42.9 Å². The monoisotopic (exact) mass is 527 g/mol. The van der Waals surface area contributed by atoms with Crippen molar-refractivity contribution in [3.05, 3.63) is 0 Å². The average molecular weight is 527 g/mol. The highest BCUT2D eigenvalue weighted by molar-refractivity contribution is 5.82. The van der Waals surface area contributed by atoms with Gasteiger partial charge in [-0.3, -0.25) is 9.59 Å². The third-order valence-electron chi connectivity index (χ3n) is 6.65. The molecule has 2 heterocycles. The summed E-state index contributed by atoms with van der Waals surface area (Å²) in [5.74, 6) is -3.78. The van der Waals surface area contributed by atoms with Crippen LogP contribution in [0.15, 0.2) is 0 Å². The van der Waals surface area contributed by atoms with Gasteiger partial charge in [-0.15, -0.1) is 0 Å². The normalized spacial score (nSPS) is 47.7. The molecule has 1 saturated carbocycles. The summed E-state index contributed by atoms with van der Waals surface area (Å²) in [6, 6.07) is 0. The van der Waals surface area contributed by atoms with Gasteiger partial charge in [0, 0.05) is 0 Å². The number of hydrogen-bond donors (Lipinski definition) is 8. The van der Waals surface area contributed by atoms with Crippen LogP contribution in [0.1, 0.15) is 12.8 Å². The molecule has 0 amide bonds. The van der Waals surface area contributed by atoms with E-state index >= 15 is 0 Å². The van der Waals surface area contributed by atoms with Gasteiger partial charge in [0.05, 0.1) is 38.3 Å². The van der Waals surface area contributed by atoms with Crippen LogP contribution in [-0.2, 0) is 38.0 Å². The minimum absolute atomic E-state index is 0.270. The number of nitrogens with two attached hydrogens (primary N) is 1. The van der Waals surface area contributed by atoms with Crippen LogP contribution >= 0.6 is 0 Å². The second kappa shape index (κ2) is 11.9. The molecule has 0 spiro atoms. The van der Waals surface area contributed by atoms with Gasteiger partial charge < -0.3 is 69.9 Å². The minimum Gasteiger partial charge on any atom is -0.469 e. The maximum Gasteiger partial charge on any atom is 0.309 e. The molecule has 3 fully saturated rings. The van der Waals surface area contributed by atoms with Crippen molar-refractivity contribution in [2.45, 2.75) is 86.8 Å². The van der Waals surface area contributed by atoms with Gasteiger partial charge in [0.15, 0.2) is 18.9 Å². The Morgan fingerprint density at radius 2 is 1.08 bits per heavy atom. The Labute approximate surface area is 205 Å². The van der Waals surface area contributed by atoms with Crippen molar-refractivity contribution in [3.63, 3.8) is 0 Å².